The SMILES string of the molecule is Cc1nnc(-n2cnc(CNCC(C)C)c2)s1. The Morgan fingerprint density at radius 1 is 1.41 bits per heavy atom. The molecule has 1 N–H and O–H groups in total. The minimum atomic E-state index is 0.655. The average Bonchev–Trinajstić information content (AvgIpc) is 2.86. The lowest BCUT2D eigenvalue weighted by atomic mass is 10.2. The third-order valence-corrected chi connectivity index (χ3v) is 3.08. The van der Waals surface area contributed by atoms with Gasteiger partial charge in [0.15, 0.2) is 0 Å². The highest BCUT2D eigenvalue weighted by atomic mass is 32.1. The van der Waals surface area contributed by atoms with Gasteiger partial charge in [0.2, 0.25) is 5.13 Å². The first-order valence-electron chi connectivity index (χ1n) is 5.69. The molecule has 2 heterocycles. The molecule has 0 bridgehead atoms. The van der Waals surface area contributed by atoms with Crippen molar-refractivity contribution in [1.82, 2.24) is 25.1 Å². The fourth-order valence-corrected chi connectivity index (χ4v) is 2.07. The van der Waals surface area contributed by atoms with Crippen LogP contribution in [0.15, 0.2) is 12.5 Å². The Bertz CT molecular complexity index is 474. The van der Waals surface area contributed by atoms with Gasteiger partial charge in [-0.2, -0.15) is 0 Å². The predicted molar refractivity (Wildman–Crippen MR) is 68.3 cm³/mol. The summed E-state index contributed by atoms with van der Waals surface area (Å²) < 4.78 is 1.91. The molecule has 0 aliphatic heterocycles. The van der Waals surface area contributed by atoms with E-state index in [4.69, 9.17) is 0 Å². The summed E-state index contributed by atoms with van der Waals surface area (Å²) in [6.07, 6.45) is 3.78. The highest BCUT2D eigenvalue weighted by molar-refractivity contribution is 7.13. The molecule has 2 aromatic rings. The molecule has 0 atom stereocenters. The molecule has 0 unspecified atom stereocenters. The highest BCUT2D eigenvalue weighted by Gasteiger charge is 2.05. The molecular formula is C11H17N5S. The van der Waals surface area contributed by atoms with Gasteiger partial charge in [0.05, 0.1) is 5.69 Å². The minimum Gasteiger partial charge on any atom is -0.311 e. The van der Waals surface area contributed by atoms with Crippen molar-refractivity contribution in [3.63, 3.8) is 0 Å². The Morgan fingerprint density at radius 3 is 2.88 bits per heavy atom. The predicted octanol–water partition coefficient (Wildman–Crippen LogP) is 1.78. The number of nitrogens with zero attached hydrogens (tertiary/aromatic N) is 4. The largest absolute Gasteiger partial charge is 0.311 e. The molecule has 92 valence electrons. The first-order valence-corrected chi connectivity index (χ1v) is 6.51. The van der Waals surface area contributed by atoms with Gasteiger partial charge in [-0.1, -0.05) is 25.2 Å². The Balaban J connectivity index is 1.96. The second-order valence-electron chi connectivity index (χ2n) is 4.40. The second-order valence-corrected chi connectivity index (χ2v) is 5.56. The van der Waals surface area contributed by atoms with Crippen molar-refractivity contribution < 1.29 is 0 Å². The number of rotatable bonds is 5. The first-order chi connectivity index (χ1) is 8.15. The molecule has 0 aliphatic rings. The highest BCUT2D eigenvalue weighted by Crippen LogP contribution is 2.13. The lowest BCUT2D eigenvalue weighted by molar-refractivity contribution is 0.549. The minimum absolute atomic E-state index is 0.655. The van der Waals surface area contributed by atoms with Crippen LogP contribution in [0.2, 0.25) is 0 Å². The van der Waals surface area contributed by atoms with E-state index < -0.39 is 0 Å². The van der Waals surface area contributed by atoms with Crippen LogP contribution in [-0.2, 0) is 6.54 Å². The van der Waals surface area contributed by atoms with Crippen molar-refractivity contribution in [2.24, 2.45) is 5.92 Å². The number of aryl methyl sites for hydroxylation is 1. The molecule has 2 rings (SSSR count). The Kier molecular flexibility index (Phi) is 3.86. The zero-order valence-electron chi connectivity index (χ0n) is 10.3. The van der Waals surface area contributed by atoms with E-state index in [0.717, 1.165) is 28.9 Å². The topological polar surface area (TPSA) is 55.6 Å². The Morgan fingerprint density at radius 2 is 2.24 bits per heavy atom. The molecule has 2 aromatic heterocycles. The van der Waals surface area contributed by atoms with E-state index in [9.17, 15) is 0 Å². The van der Waals surface area contributed by atoms with Crippen LogP contribution >= 0.6 is 11.3 Å². The zero-order chi connectivity index (χ0) is 12.3. The number of nitrogens with one attached hydrogen (secondary N) is 1. The summed E-state index contributed by atoms with van der Waals surface area (Å²) in [5.41, 5.74) is 1.03. The van der Waals surface area contributed by atoms with E-state index in [1.165, 1.54) is 0 Å². The zero-order valence-corrected chi connectivity index (χ0v) is 11.2. The van der Waals surface area contributed by atoms with Gasteiger partial charge in [-0.15, -0.1) is 10.2 Å². The maximum absolute atomic E-state index is 4.34. The van der Waals surface area contributed by atoms with E-state index in [1.807, 2.05) is 17.7 Å². The van der Waals surface area contributed by atoms with Gasteiger partial charge in [0, 0.05) is 12.7 Å². The molecule has 0 fully saturated rings. The van der Waals surface area contributed by atoms with Crippen molar-refractivity contribution in [2.45, 2.75) is 27.3 Å². The van der Waals surface area contributed by atoms with Gasteiger partial charge in [-0.05, 0) is 19.4 Å². The van der Waals surface area contributed by atoms with Crippen LogP contribution in [0.5, 0.6) is 0 Å². The molecule has 6 heteroatoms. The maximum atomic E-state index is 4.34. The van der Waals surface area contributed by atoms with Gasteiger partial charge in [0.1, 0.15) is 11.3 Å². The Hall–Kier alpha value is -1.27. The summed E-state index contributed by atoms with van der Waals surface area (Å²) in [7, 11) is 0. The number of aromatic nitrogens is 4. The van der Waals surface area contributed by atoms with Crippen molar-refractivity contribution in [3.05, 3.63) is 23.2 Å². The quantitative estimate of drug-likeness (QED) is 0.880. The summed E-state index contributed by atoms with van der Waals surface area (Å²) in [6.45, 7) is 8.13. The van der Waals surface area contributed by atoms with Crippen molar-refractivity contribution in [2.75, 3.05) is 6.54 Å². The molecule has 0 aliphatic carbocycles. The van der Waals surface area contributed by atoms with E-state index >= 15 is 0 Å². The van der Waals surface area contributed by atoms with Crippen molar-refractivity contribution in [3.8, 4) is 5.13 Å². The summed E-state index contributed by atoms with van der Waals surface area (Å²) in [5, 5.41) is 13.3. The van der Waals surface area contributed by atoms with Crippen molar-refractivity contribution >= 4 is 11.3 Å². The van der Waals surface area contributed by atoms with E-state index in [2.05, 4.69) is 34.3 Å². The molecular weight excluding hydrogens is 234 g/mol. The Labute approximate surface area is 105 Å². The third kappa shape index (κ3) is 3.34. The monoisotopic (exact) mass is 251 g/mol. The number of hydrogen-bond acceptors (Lipinski definition) is 5. The summed E-state index contributed by atoms with van der Waals surface area (Å²) in [4.78, 5) is 4.34. The summed E-state index contributed by atoms with van der Waals surface area (Å²) in [5.74, 6) is 0.655. The van der Waals surface area contributed by atoms with Crippen LogP contribution < -0.4 is 5.32 Å². The summed E-state index contributed by atoms with van der Waals surface area (Å²) >= 11 is 1.56. The van der Waals surface area contributed by atoms with Gasteiger partial charge in [0.25, 0.3) is 0 Å². The number of imidazole rings is 1. The molecule has 0 saturated heterocycles. The van der Waals surface area contributed by atoms with Gasteiger partial charge < -0.3 is 5.32 Å². The molecule has 0 saturated carbocycles. The van der Waals surface area contributed by atoms with Crippen LogP contribution in [-0.4, -0.2) is 26.3 Å². The molecule has 0 spiro atoms. The molecule has 17 heavy (non-hydrogen) atoms. The smallest absolute Gasteiger partial charge is 0.217 e. The molecule has 0 amide bonds. The number of hydrogen-bond donors (Lipinski definition) is 1. The fourth-order valence-electron chi connectivity index (χ4n) is 1.44. The van der Waals surface area contributed by atoms with Crippen LogP contribution in [0.3, 0.4) is 0 Å². The van der Waals surface area contributed by atoms with E-state index in [-0.39, 0.29) is 0 Å². The lowest BCUT2D eigenvalue weighted by Gasteiger charge is -2.04. The van der Waals surface area contributed by atoms with Gasteiger partial charge >= 0.3 is 0 Å². The fraction of sp³-hybridized carbons (Fsp3) is 0.545. The lowest BCUT2D eigenvalue weighted by Crippen LogP contribution is -2.19. The van der Waals surface area contributed by atoms with Crippen LogP contribution in [0.4, 0.5) is 0 Å². The third-order valence-electron chi connectivity index (χ3n) is 2.23. The van der Waals surface area contributed by atoms with Gasteiger partial charge in [-0.25, -0.2) is 4.98 Å². The maximum Gasteiger partial charge on any atom is 0.217 e. The van der Waals surface area contributed by atoms with Crippen LogP contribution in [0.25, 0.3) is 5.13 Å². The van der Waals surface area contributed by atoms with E-state index in [0.29, 0.717) is 5.92 Å². The summed E-state index contributed by atoms with van der Waals surface area (Å²) in [6, 6.07) is 0. The first kappa shape index (κ1) is 12.2. The molecule has 5 nitrogen and oxygen atoms in total. The molecule has 0 aromatic carbocycles. The second kappa shape index (κ2) is 5.37. The molecule has 0 radical (unpaired) electrons. The normalized spacial score (nSPS) is 11.3. The van der Waals surface area contributed by atoms with Crippen molar-refractivity contribution in [1.29, 1.82) is 0 Å². The van der Waals surface area contributed by atoms with Crippen LogP contribution in [0.1, 0.15) is 24.5 Å². The standard InChI is InChI=1S/C11H17N5S/c1-8(2)4-12-5-10-6-16(7-13-10)11-15-14-9(3)17-11/h6-8,12H,4-5H2,1-3H3. The van der Waals surface area contributed by atoms with E-state index in [1.54, 1.807) is 17.7 Å². The van der Waals surface area contributed by atoms with Crippen LogP contribution in [0, 0.1) is 12.8 Å². The average molecular weight is 251 g/mol. The van der Waals surface area contributed by atoms with Gasteiger partial charge in [-0.3, -0.25) is 4.57 Å².